The molecule has 2 N–H and O–H groups in total. The maximum Gasteiger partial charge on any atom is 0.323 e. The number of nitrogens with zero attached hydrogens (tertiary/aromatic N) is 1. The number of carbonyl (C=O) groups excluding carboxylic acids is 1. The van der Waals surface area contributed by atoms with Crippen LogP contribution in [0.2, 0.25) is 5.02 Å². The summed E-state index contributed by atoms with van der Waals surface area (Å²) >= 11 is 6.02. The Morgan fingerprint density at radius 1 is 1.23 bits per heavy atom. The minimum absolute atomic E-state index is 0.412. The summed E-state index contributed by atoms with van der Waals surface area (Å²) < 4.78 is 5.20. The normalized spacial score (nSPS) is 9.73. The van der Waals surface area contributed by atoms with Gasteiger partial charge in [0, 0.05) is 16.8 Å². The maximum atomic E-state index is 12.0. The quantitative estimate of drug-likeness (QED) is 0.892. The number of anilines is 2. The molecule has 0 heterocycles. The molecular formula is C16H14ClN3O2. The van der Waals surface area contributed by atoms with E-state index in [0.717, 1.165) is 5.56 Å². The summed E-state index contributed by atoms with van der Waals surface area (Å²) in [4.78, 5) is 12.0. The van der Waals surface area contributed by atoms with Crippen molar-refractivity contribution in [1.82, 2.24) is 0 Å². The fraction of sp³-hybridized carbons (Fsp3) is 0.125. The van der Waals surface area contributed by atoms with Crippen molar-refractivity contribution in [1.29, 1.82) is 5.26 Å². The summed E-state index contributed by atoms with van der Waals surface area (Å²) in [5, 5.41) is 14.7. The van der Waals surface area contributed by atoms with Gasteiger partial charge in [-0.3, -0.25) is 0 Å². The van der Waals surface area contributed by atoms with Crippen LogP contribution in [0.15, 0.2) is 36.4 Å². The number of carbonyl (C=O) groups is 1. The molecule has 2 amide bonds. The number of urea groups is 1. The number of nitriles is 1. The van der Waals surface area contributed by atoms with Crippen LogP contribution in [0.1, 0.15) is 11.1 Å². The van der Waals surface area contributed by atoms with E-state index in [1.54, 1.807) is 36.4 Å². The van der Waals surface area contributed by atoms with E-state index >= 15 is 0 Å². The average Bonchev–Trinajstić information content (AvgIpc) is 2.51. The van der Waals surface area contributed by atoms with Crippen molar-refractivity contribution < 1.29 is 9.53 Å². The zero-order valence-electron chi connectivity index (χ0n) is 12.1. The highest BCUT2D eigenvalue weighted by molar-refractivity contribution is 6.31. The van der Waals surface area contributed by atoms with Crippen LogP contribution in [0, 0.1) is 18.3 Å². The smallest absolute Gasteiger partial charge is 0.323 e. The lowest BCUT2D eigenvalue weighted by Gasteiger charge is -2.13. The number of amides is 2. The van der Waals surface area contributed by atoms with Crippen LogP contribution in [-0.4, -0.2) is 13.1 Å². The number of aryl methyl sites for hydroxylation is 1. The molecule has 2 aromatic rings. The third kappa shape index (κ3) is 3.68. The molecule has 0 aliphatic rings. The number of hydrogen-bond acceptors (Lipinski definition) is 3. The molecule has 0 spiro atoms. The topological polar surface area (TPSA) is 74.2 Å². The molecule has 0 saturated carbocycles. The molecule has 0 fully saturated rings. The monoisotopic (exact) mass is 315 g/mol. The predicted octanol–water partition coefficient (Wildman–Crippen LogP) is 4.17. The molecule has 2 rings (SSSR count). The Hall–Kier alpha value is -2.71. The van der Waals surface area contributed by atoms with E-state index in [1.165, 1.54) is 7.11 Å². The van der Waals surface area contributed by atoms with Gasteiger partial charge in [-0.05, 0) is 42.8 Å². The van der Waals surface area contributed by atoms with Gasteiger partial charge in [-0.25, -0.2) is 4.79 Å². The summed E-state index contributed by atoms with van der Waals surface area (Å²) in [6.45, 7) is 1.84. The molecular weight excluding hydrogens is 302 g/mol. The fourth-order valence-electron chi connectivity index (χ4n) is 1.84. The summed E-state index contributed by atoms with van der Waals surface area (Å²) in [6.07, 6.45) is 0. The van der Waals surface area contributed by atoms with Crippen LogP contribution >= 0.6 is 11.6 Å². The van der Waals surface area contributed by atoms with Crippen molar-refractivity contribution in [3.8, 4) is 11.8 Å². The predicted molar refractivity (Wildman–Crippen MR) is 86.5 cm³/mol. The summed E-state index contributed by atoms with van der Waals surface area (Å²) in [6, 6.07) is 11.6. The first kappa shape index (κ1) is 15.7. The van der Waals surface area contributed by atoms with Crippen molar-refractivity contribution in [3.63, 3.8) is 0 Å². The number of nitrogens with one attached hydrogen (secondary N) is 2. The van der Waals surface area contributed by atoms with E-state index in [9.17, 15) is 4.79 Å². The van der Waals surface area contributed by atoms with E-state index in [1.807, 2.05) is 13.0 Å². The molecule has 0 saturated heterocycles. The van der Waals surface area contributed by atoms with Crippen LogP contribution in [0.5, 0.6) is 5.75 Å². The van der Waals surface area contributed by atoms with Gasteiger partial charge in [0.1, 0.15) is 5.75 Å². The Balaban J connectivity index is 2.11. The Labute approximate surface area is 133 Å². The van der Waals surface area contributed by atoms with Crippen molar-refractivity contribution in [2.24, 2.45) is 0 Å². The van der Waals surface area contributed by atoms with Gasteiger partial charge in [-0.1, -0.05) is 11.6 Å². The van der Waals surface area contributed by atoms with Gasteiger partial charge in [0.05, 0.1) is 24.4 Å². The molecule has 112 valence electrons. The van der Waals surface area contributed by atoms with Gasteiger partial charge in [0.15, 0.2) is 0 Å². The number of methoxy groups -OCH3 is 1. The number of hydrogen-bond donors (Lipinski definition) is 2. The summed E-state index contributed by atoms with van der Waals surface area (Å²) in [5.41, 5.74) is 2.47. The van der Waals surface area contributed by atoms with Gasteiger partial charge in [0.25, 0.3) is 0 Å². The first-order valence-electron chi connectivity index (χ1n) is 6.46. The van der Waals surface area contributed by atoms with Gasteiger partial charge in [-0.2, -0.15) is 5.26 Å². The highest BCUT2D eigenvalue weighted by atomic mass is 35.5. The Kier molecular flexibility index (Phi) is 4.87. The van der Waals surface area contributed by atoms with Crippen molar-refractivity contribution in [2.75, 3.05) is 17.7 Å². The molecule has 0 bridgehead atoms. The molecule has 2 aromatic carbocycles. The van der Waals surface area contributed by atoms with Crippen LogP contribution in [0.4, 0.5) is 16.2 Å². The van der Waals surface area contributed by atoms with Crippen molar-refractivity contribution in [2.45, 2.75) is 6.92 Å². The van der Waals surface area contributed by atoms with Crippen LogP contribution in [0.3, 0.4) is 0 Å². The lowest BCUT2D eigenvalue weighted by molar-refractivity contribution is 0.262. The zero-order chi connectivity index (χ0) is 16.1. The lowest BCUT2D eigenvalue weighted by Crippen LogP contribution is -2.19. The first-order chi connectivity index (χ1) is 10.5. The van der Waals surface area contributed by atoms with E-state index in [2.05, 4.69) is 10.6 Å². The number of halogens is 1. The minimum Gasteiger partial charge on any atom is -0.495 e. The lowest BCUT2D eigenvalue weighted by atomic mass is 10.2. The highest BCUT2D eigenvalue weighted by Gasteiger charge is 2.10. The van der Waals surface area contributed by atoms with Crippen LogP contribution in [-0.2, 0) is 0 Å². The Morgan fingerprint density at radius 2 is 1.91 bits per heavy atom. The fourth-order valence-corrected chi connectivity index (χ4v) is 2.00. The Bertz CT molecular complexity index is 736. The molecule has 0 aliphatic carbocycles. The van der Waals surface area contributed by atoms with Gasteiger partial charge >= 0.3 is 6.03 Å². The van der Waals surface area contributed by atoms with E-state index in [4.69, 9.17) is 21.6 Å². The molecule has 22 heavy (non-hydrogen) atoms. The molecule has 6 heteroatoms. The first-order valence-corrected chi connectivity index (χ1v) is 6.83. The second kappa shape index (κ2) is 6.83. The van der Waals surface area contributed by atoms with Gasteiger partial charge in [-0.15, -0.1) is 0 Å². The molecule has 0 radical (unpaired) electrons. The second-order valence-electron chi connectivity index (χ2n) is 4.57. The van der Waals surface area contributed by atoms with Crippen LogP contribution in [0.25, 0.3) is 0 Å². The van der Waals surface area contributed by atoms with Gasteiger partial charge < -0.3 is 15.4 Å². The number of benzene rings is 2. The van der Waals surface area contributed by atoms with Gasteiger partial charge in [0.2, 0.25) is 0 Å². The largest absolute Gasteiger partial charge is 0.495 e. The number of rotatable bonds is 3. The molecule has 0 unspecified atom stereocenters. The van der Waals surface area contributed by atoms with Crippen LogP contribution < -0.4 is 15.4 Å². The maximum absolute atomic E-state index is 12.0. The SMILES string of the molecule is COc1cc(Cl)c(C)cc1NC(=O)Nc1ccc(C#N)cc1. The minimum atomic E-state index is -0.412. The second-order valence-corrected chi connectivity index (χ2v) is 4.98. The van der Waals surface area contributed by atoms with E-state index in [-0.39, 0.29) is 0 Å². The third-order valence-corrected chi connectivity index (χ3v) is 3.41. The average molecular weight is 316 g/mol. The molecule has 0 aliphatic heterocycles. The zero-order valence-corrected chi connectivity index (χ0v) is 12.9. The Morgan fingerprint density at radius 3 is 2.50 bits per heavy atom. The molecule has 0 aromatic heterocycles. The number of ether oxygens (including phenoxy) is 1. The standard InChI is InChI=1S/C16H14ClN3O2/c1-10-7-14(15(22-2)8-13(10)17)20-16(21)19-12-5-3-11(9-18)4-6-12/h3-8H,1-2H3,(H2,19,20,21). The van der Waals surface area contributed by atoms with Crippen molar-refractivity contribution >= 4 is 29.0 Å². The van der Waals surface area contributed by atoms with E-state index < -0.39 is 6.03 Å². The van der Waals surface area contributed by atoms with E-state index in [0.29, 0.717) is 27.7 Å². The molecule has 5 nitrogen and oxygen atoms in total. The third-order valence-electron chi connectivity index (χ3n) is 3.00. The highest BCUT2D eigenvalue weighted by Crippen LogP contribution is 2.31. The summed E-state index contributed by atoms with van der Waals surface area (Å²) in [7, 11) is 1.50. The van der Waals surface area contributed by atoms with Crippen molar-refractivity contribution in [3.05, 3.63) is 52.5 Å². The molecule has 0 atom stereocenters. The summed E-state index contributed by atoms with van der Waals surface area (Å²) in [5.74, 6) is 0.477.